The van der Waals surface area contributed by atoms with Gasteiger partial charge in [0, 0.05) is 42.1 Å². The summed E-state index contributed by atoms with van der Waals surface area (Å²) in [6, 6.07) is 9.57. The number of likely N-dealkylation sites (N-methyl/N-ethyl adjacent to an activating group) is 1. The fourth-order valence-corrected chi connectivity index (χ4v) is 3.91. The molecule has 0 amide bonds. The SMILES string of the molecule is C[C@@H](O)[C@@H](C)Sc1nc(Nc2ccc(Nc3nccc(NCCN(C)C)n3)cc2)ncc1Br. The standard InChI is InChI=1S/C22H29BrN8OS/c1-14(32)15(2)33-20-18(23)13-26-22(30-20)28-17-7-5-16(6-8-17)27-21-25-10-9-19(29-21)24-11-12-31(3)4/h5-10,13-15,32H,11-12H2,1-4H3,(H,26,28,30)(H2,24,25,27,29)/t14-,15-/m1/s1. The molecule has 0 aliphatic rings. The number of thioether (sulfide) groups is 1. The molecule has 0 aliphatic heterocycles. The fourth-order valence-electron chi connectivity index (χ4n) is 2.59. The maximum absolute atomic E-state index is 9.77. The van der Waals surface area contributed by atoms with E-state index in [0.29, 0.717) is 11.9 Å². The monoisotopic (exact) mass is 532 g/mol. The van der Waals surface area contributed by atoms with Crippen molar-refractivity contribution in [3.8, 4) is 0 Å². The number of aliphatic hydroxyl groups is 1. The first-order valence-electron chi connectivity index (χ1n) is 10.5. The lowest BCUT2D eigenvalue weighted by molar-refractivity contribution is 0.196. The third-order valence-corrected chi connectivity index (χ3v) is 6.75. The van der Waals surface area contributed by atoms with Crippen LogP contribution in [0.5, 0.6) is 0 Å². The lowest BCUT2D eigenvalue weighted by Gasteiger charge is -2.15. The highest BCUT2D eigenvalue weighted by Gasteiger charge is 2.15. The number of hydrogen-bond acceptors (Lipinski definition) is 10. The Bertz CT molecular complexity index is 1040. The van der Waals surface area contributed by atoms with Gasteiger partial charge in [0.2, 0.25) is 11.9 Å². The van der Waals surface area contributed by atoms with Crippen molar-refractivity contribution < 1.29 is 5.11 Å². The first-order chi connectivity index (χ1) is 15.8. The van der Waals surface area contributed by atoms with E-state index in [1.807, 2.05) is 51.4 Å². The van der Waals surface area contributed by atoms with Gasteiger partial charge in [0.1, 0.15) is 10.8 Å². The minimum atomic E-state index is -0.438. The van der Waals surface area contributed by atoms with Crippen molar-refractivity contribution in [1.29, 1.82) is 0 Å². The summed E-state index contributed by atoms with van der Waals surface area (Å²) in [6.07, 6.45) is 2.99. The molecule has 0 spiro atoms. The summed E-state index contributed by atoms with van der Waals surface area (Å²) in [6.45, 7) is 5.45. The molecule has 176 valence electrons. The Morgan fingerprint density at radius 2 is 1.64 bits per heavy atom. The third-order valence-electron chi connectivity index (χ3n) is 4.61. The molecule has 3 aromatic rings. The summed E-state index contributed by atoms with van der Waals surface area (Å²) in [5.74, 6) is 1.79. The van der Waals surface area contributed by atoms with E-state index in [2.05, 4.69) is 56.7 Å². The van der Waals surface area contributed by atoms with Crippen LogP contribution in [-0.2, 0) is 0 Å². The van der Waals surface area contributed by atoms with E-state index in [1.165, 1.54) is 11.8 Å². The summed E-state index contributed by atoms with van der Waals surface area (Å²) >= 11 is 4.97. The molecule has 2 atom stereocenters. The summed E-state index contributed by atoms with van der Waals surface area (Å²) in [5.41, 5.74) is 1.71. The minimum Gasteiger partial charge on any atom is -0.392 e. The zero-order valence-corrected chi connectivity index (χ0v) is 21.5. The molecule has 0 fully saturated rings. The van der Waals surface area contributed by atoms with Crippen LogP contribution in [0.4, 0.5) is 29.1 Å². The highest BCUT2D eigenvalue weighted by atomic mass is 79.9. The summed E-state index contributed by atoms with van der Waals surface area (Å²) in [7, 11) is 4.07. The summed E-state index contributed by atoms with van der Waals surface area (Å²) < 4.78 is 0.795. The molecule has 9 nitrogen and oxygen atoms in total. The van der Waals surface area contributed by atoms with E-state index in [-0.39, 0.29) is 5.25 Å². The van der Waals surface area contributed by atoms with Crippen molar-refractivity contribution in [3.05, 3.63) is 47.2 Å². The van der Waals surface area contributed by atoms with Crippen LogP contribution in [0.3, 0.4) is 0 Å². The molecule has 0 saturated heterocycles. The van der Waals surface area contributed by atoms with E-state index in [9.17, 15) is 5.11 Å². The van der Waals surface area contributed by atoms with Gasteiger partial charge in [0.05, 0.1) is 10.6 Å². The first-order valence-corrected chi connectivity index (χ1v) is 12.2. The van der Waals surface area contributed by atoms with Crippen LogP contribution in [0.25, 0.3) is 0 Å². The van der Waals surface area contributed by atoms with Crippen molar-refractivity contribution in [2.75, 3.05) is 43.1 Å². The van der Waals surface area contributed by atoms with Gasteiger partial charge in [-0.3, -0.25) is 0 Å². The van der Waals surface area contributed by atoms with E-state index < -0.39 is 6.10 Å². The lowest BCUT2D eigenvalue weighted by atomic mass is 10.3. The second-order valence-corrected chi connectivity index (χ2v) is 9.95. The van der Waals surface area contributed by atoms with Gasteiger partial charge in [-0.25, -0.2) is 15.0 Å². The molecule has 2 aromatic heterocycles. The van der Waals surface area contributed by atoms with Crippen LogP contribution in [0.1, 0.15) is 13.8 Å². The number of anilines is 5. The number of benzene rings is 1. The molecule has 0 saturated carbocycles. The highest BCUT2D eigenvalue weighted by Crippen LogP contribution is 2.31. The van der Waals surface area contributed by atoms with Gasteiger partial charge in [0.15, 0.2) is 0 Å². The Morgan fingerprint density at radius 3 is 2.24 bits per heavy atom. The number of rotatable bonds is 11. The maximum atomic E-state index is 9.77. The van der Waals surface area contributed by atoms with E-state index >= 15 is 0 Å². The normalized spacial score (nSPS) is 12.9. The topological polar surface area (TPSA) is 111 Å². The Morgan fingerprint density at radius 1 is 1.00 bits per heavy atom. The number of hydrogen-bond donors (Lipinski definition) is 4. The third kappa shape index (κ3) is 8.11. The molecule has 0 aliphatic carbocycles. The number of aromatic nitrogens is 4. The minimum absolute atomic E-state index is 0.0123. The van der Waals surface area contributed by atoms with Gasteiger partial charge in [0.25, 0.3) is 0 Å². The van der Waals surface area contributed by atoms with Crippen LogP contribution in [0, 0.1) is 0 Å². The van der Waals surface area contributed by atoms with Gasteiger partial charge in [-0.1, -0.05) is 18.7 Å². The van der Waals surface area contributed by atoms with Gasteiger partial charge >= 0.3 is 0 Å². The molecule has 4 N–H and O–H groups in total. The molecular weight excluding hydrogens is 504 g/mol. The van der Waals surface area contributed by atoms with E-state index in [4.69, 9.17) is 0 Å². The highest BCUT2D eigenvalue weighted by molar-refractivity contribution is 9.10. The van der Waals surface area contributed by atoms with Crippen molar-refractivity contribution in [1.82, 2.24) is 24.8 Å². The second kappa shape index (κ2) is 12.1. The van der Waals surface area contributed by atoms with E-state index in [0.717, 1.165) is 39.8 Å². The zero-order chi connectivity index (χ0) is 23.8. The Hall–Kier alpha value is -2.47. The van der Waals surface area contributed by atoms with Crippen molar-refractivity contribution in [2.45, 2.75) is 30.2 Å². The van der Waals surface area contributed by atoms with Crippen LogP contribution in [0.2, 0.25) is 0 Å². The van der Waals surface area contributed by atoms with Crippen LogP contribution in [0.15, 0.2) is 52.2 Å². The average Bonchev–Trinajstić information content (AvgIpc) is 2.77. The Kier molecular flexibility index (Phi) is 9.24. The molecule has 2 heterocycles. The molecular formula is C22H29BrN8OS. The van der Waals surface area contributed by atoms with Crippen molar-refractivity contribution in [3.63, 3.8) is 0 Å². The van der Waals surface area contributed by atoms with Crippen LogP contribution < -0.4 is 16.0 Å². The van der Waals surface area contributed by atoms with Gasteiger partial charge in [-0.15, -0.1) is 0 Å². The van der Waals surface area contributed by atoms with Crippen LogP contribution >= 0.6 is 27.7 Å². The van der Waals surface area contributed by atoms with Crippen LogP contribution in [-0.4, -0.2) is 68.5 Å². The quantitative estimate of drug-likeness (QED) is 0.210. The molecule has 11 heteroatoms. The number of halogens is 1. The van der Waals surface area contributed by atoms with Gasteiger partial charge in [-0.05, 0) is 67.3 Å². The molecule has 0 unspecified atom stereocenters. The predicted octanol–water partition coefficient (Wildman–Crippen LogP) is 4.35. The average molecular weight is 534 g/mol. The van der Waals surface area contributed by atoms with Crippen molar-refractivity contribution in [2.24, 2.45) is 0 Å². The summed E-state index contributed by atoms with van der Waals surface area (Å²) in [4.78, 5) is 19.8. The smallest absolute Gasteiger partial charge is 0.229 e. The number of aliphatic hydroxyl groups excluding tert-OH is 1. The largest absolute Gasteiger partial charge is 0.392 e. The molecule has 0 radical (unpaired) electrons. The summed E-state index contributed by atoms with van der Waals surface area (Å²) in [5, 5.41) is 20.3. The van der Waals surface area contributed by atoms with Gasteiger partial charge < -0.3 is 26.0 Å². The van der Waals surface area contributed by atoms with Crippen molar-refractivity contribution >= 4 is 56.8 Å². The van der Waals surface area contributed by atoms with E-state index in [1.54, 1.807) is 19.3 Å². The maximum Gasteiger partial charge on any atom is 0.229 e. The number of nitrogens with one attached hydrogen (secondary N) is 3. The fraction of sp³-hybridized carbons (Fsp3) is 0.364. The zero-order valence-electron chi connectivity index (χ0n) is 19.1. The Labute approximate surface area is 207 Å². The molecule has 1 aromatic carbocycles. The predicted molar refractivity (Wildman–Crippen MR) is 139 cm³/mol. The lowest BCUT2D eigenvalue weighted by Crippen LogP contribution is -2.21. The molecule has 0 bridgehead atoms. The Balaban J connectivity index is 1.61. The second-order valence-electron chi connectivity index (χ2n) is 7.73. The molecule has 3 rings (SSSR count). The molecule has 33 heavy (non-hydrogen) atoms. The van der Waals surface area contributed by atoms with Gasteiger partial charge in [-0.2, -0.15) is 4.98 Å². The number of nitrogens with zero attached hydrogens (tertiary/aromatic N) is 5. The first kappa shape index (κ1) is 25.2.